The Bertz CT molecular complexity index is 661. The molecule has 0 unspecified atom stereocenters. The van der Waals surface area contributed by atoms with Crippen molar-refractivity contribution in [3.05, 3.63) is 36.0 Å². The van der Waals surface area contributed by atoms with Crippen molar-refractivity contribution in [1.82, 2.24) is 9.97 Å². The zero-order valence-corrected chi connectivity index (χ0v) is 12.5. The number of alkyl halides is 3. The number of halogens is 3. The highest BCUT2D eigenvalue weighted by Gasteiger charge is 2.34. The van der Waals surface area contributed by atoms with E-state index < -0.39 is 11.9 Å². The molecule has 0 bridgehead atoms. The zero-order chi connectivity index (χ0) is 16.9. The van der Waals surface area contributed by atoms with Crippen LogP contribution >= 0.6 is 0 Å². The van der Waals surface area contributed by atoms with Gasteiger partial charge < -0.3 is 15.8 Å². The van der Waals surface area contributed by atoms with Crippen LogP contribution in [0.4, 0.5) is 19.1 Å². The summed E-state index contributed by atoms with van der Waals surface area (Å²) in [5, 5.41) is 2.76. The van der Waals surface area contributed by atoms with Crippen LogP contribution < -0.4 is 15.8 Å². The van der Waals surface area contributed by atoms with Crippen molar-refractivity contribution in [2.75, 3.05) is 25.5 Å². The molecule has 1 aromatic heterocycles. The van der Waals surface area contributed by atoms with E-state index >= 15 is 0 Å². The number of methoxy groups -OCH3 is 1. The van der Waals surface area contributed by atoms with Crippen LogP contribution in [-0.4, -0.2) is 30.2 Å². The predicted octanol–water partition coefficient (Wildman–Crippen LogP) is 2.93. The summed E-state index contributed by atoms with van der Waals surface area (Å²) in [6, 6.07) is 7.65. The Kier molecular flexibility index (Phi) is 5.38. The van der Waals surface area contributed by atoms with Gasteiger partial charge >= 0.3 is 6.18 Å². The molecule has 0 atom stereocenters. The van der Waals surface area contributed by atoms with Gasteiger partial charge in [-0.1, -0.05) is 12.1 Å². The summed E-state index contributed by atoms with van der Waals surface area (Å²) >= 11 is 0. The van der Waals surface area contributed by atoms with Gasteiger partial charge in [-0.25, -0.2) is 9.97 Å². The highest BCUT2D eigenvalue weighted by molar-refractivity contribution is 5.68. The lowest BCUT2D eigenvalue weighted by atomic mass is 10.1. The number of anilines is 1. The topological polar surface area (TPSA) is 73.1 Å². The van der Waals surface area contributed by atoms with Gasteiger partial charge in [-0.2, -0.15) is 13.2 Å². The van der Waals surface area contributed by atoms with Gasteiger partial charge in [0.1, 0.15) is 5.75 Å². The van der Waals surface area contributed by atoms with E-state index in [0.29, 0.717) is 30.8 Å². The fourth-order valence-electron chi connectivity index (χ4n) is 1.97. The number of ether oxygens (including phenoxy) is 1. The van der Waals surface area contributed by atoms with Crippen LogP contribution in [0.1, 0.15) is 12.1 Å². The molecule has 1 aromatic carbocycles. The molecule has 0 aliphatic heterocycles. The van der Waals surface area contributed by atoms with Crippen molar-refractivity contribution < 1.29 is 17.9 Å². The summed E-state index contributed by atoms with van der Waals surface area (Å²) in [5.41, 5.74) is 4.96. The van der Waals surface area contributed by atoms with Crippen LogP contribution in [0.25, 0.3) is 11.3 Å². The number of hydrogen-bond donors (Lipinski definition) is 2. The summed E-state index contributed by atoms with van der Waals surface area (Å²) in [7, 11) is 1.45. The van der Waals surface area contributed by atoms with Crippen molar-refractivity contribution in [3.63, 3.8) is 0 Å². The number of benzene rings is 1. The van der Waals surface area contributed by atoms with Gasteiger partial charge in [0.2, 0.25) is 5.95 Å². The van der Waals surface area contributed by atoms with Gasteiger partial charge in [-0.05, 0) is 31.2 Å². The minimum absolute atomic E-state index is 0.0887. The summed E-state index contributed by atoms with van der Waals surface area (Å²) in [6.07, 6.45) is -3.96. The van der Waals surface area contributed by atoms with Crippen molar-refractivity contribution in [2.45, 2.75) is 12.6 Å². The van der Waals surface area contributed by atoms with E-state index in [1.54, 1.807) is 24.3 Å². The first-order valence-corrected chi connectivity index (χ1v) is 6.99. The molecule has 1 heterocycles. The van der Waals surface area contributed by atoms with E-state index in [0.717, 1.165) is 6.07 Å². The van der Waals surface area contributed by atoms with E-state index in [4.69, 9.17) is 10.5 Å². The first-order chi connectivity index (χ1) is 11.0. The van der Waals surface area contributed by atoms with Crippen LogP contribution in [0.5, 0.6) is 5.75 Å². The summed E-state index contributed by atoms with van der Waals surface area (Å²) in [6.45, 7) is 0.814. The highest BCUT2D eigenvalue weighted by atomic mass is 19.4. The minimum atomic E-state index is -4.57. The Morgan fingerprint density at radius 2 is 1.96 bits per heavy atom. The molecule has 0 aliphatic carbocycles. The van der Waals surface area contributed by atoms with Crippen molar-refractivity contribution >= 4 is 5.95 Å². The molecule has 124 valence electrons. The van der Waals surface area contributed by atoms with Gasteiger partial charge in [0.25, 0.3) is 0 Å². The van der Waals surface area contributed by atoms with Crippen molar-refractivity contribution in [1.29, 1.82) is 0 Å². The lowest BCUT2D eigenvalue weighted by Crippen LogP contribution is -2.15. The molecule has 0 saturated heterocycles. The third-order valence-electron chi connectivity index (χ3n) is 3.06. The van der Waals surface area contributed by atoms with Crippen LogP contribution in [0.3, 0.4) is 0 Å². The fourth-order valence-corrected chi connectivity index (χ4v) is 1.97. The minimum Gasteiger partial charge on any atom is -0.496 e. The molecule has 0 spiro atoms. The van der Waals surface area contributed by atoms with Crippen molar-refractivity contribution in [2.24, 2.45) is 5.73 Å². The molecule has 0 saturated carbocycles. The lowest BCUT2D eigenvalue weighted by Gasteiger charge is -2.13. The lowest BCUT2D eigenvalue weighted by molar-refractivity contribution is -0.141. The van der Waals surface area contributed by atoms with Crippen LogP contribution in [0.15, 0.2) is 30.3 Å². The van der Waals surface area contributed by atoms with Gasteiger partial charge in [0.15, 0.2) is 5.69 Å². The predicted molar refractivity (Wildman–Crippen MR) is 81.2 cm³/mol. The maximum atomic E-state index is 13.1. The molecule has 23 heavy (non-hydrogen) atoms. The zero-order valence-electron chi connectivity index (χ0n) is 12.5. The maximum absolute atomic E-state index is 13.1. The quantitative estimate of drug-likeness (QED) is 0.799. The fraction of sp³-hybridized carbons (Fsp3) is 0.333. The monoisotopic (exact) mass is 326 g/mol. The third-order valence-corrected chi connectivity index (χ3v) is 3.06. The van der Waals surface area contributed by atoms with E-state index in [2.05, 4.69) is 15.3 Å². The largest absolute Gasteiger partial charge is 0.496 e. The average Bonchev–Trinajstić information content (AvgIpc) is 2.54. The normalized spacial score (nSPS) is 11.3. The molecule has 2 aromatic rings. The summed E-state index contributed by atoms with van der Waals surface area (Å²) in [5.74, 6) is 0.349. The molecule has 2 rings (SSSR count). The van der Waals surface area contributed by atoms with Crippen molar-refractivity contribution in [3.8, 4) is 17.0 Å². The number of aromatic nitrogens is 2. The van der Waals surface area contributed by atoms with Gasteiger partial charge in [0.05, 0.1) is 12.8 Å². The van der Waals surface area contributed by atoms with E-state index in [-0.39, 0.29) is 11.6 Å². The van der Waals surface area contributed by atoms with Gasteiger partial charge in [-0.15, -0.1) is 0 Å². The maximum Gasteiger partial charge on any atom is 0.433 e. The Balaban J connectivity index is 2.47. The number of nitrogens with one attached hydrogen (secondary N) is 1. The SMILES string of the molecule is COc1ccccc1-c1cc(C(F)(F)F)nc(NCCCN)n1. The first kappa shape index (κ1) is 17.0. The molecule has 0 amide bonds. The first-order valence-electron chi connectivity index (χ1n) is 6.99. The molecular formula is C15H17F3N4O. The van der Waals surface area contributed by atoms with E-state index in [1.807, 2.05) is 0 Å². The Morgan fingerprint density at radius 3 is 2.61 bits per heavy atom. The van der Waals surface area contributed by atoms with Crippen LogP contribution in [0.2, 0.25) is 0 Å². The second kappa shape index (κ2) is 7.28. The smallest absolute Gasteiger partial charge is 0.433 e. The molecule has 8 heteroatoms. The van der Waals surface area contributed by atoms with Crippen LogP contribution in [0, 0.1) is 0 Å². The molecule has 0 radical (unpaired) electrons. The molecule has 3 N–H and O–H groups in total. The number of rotatable bonds is 6. The Labute approximate surface area is 131 Å². The second-order valence-corrected chi connectivity index (χ2v) is 4.73. The molecule has 5 nitrogen and oxygen atoms in total. The van der Waals surface area contributed by atoms with Gasteiger partial charge in [0, 0.05) is 12.1 Å². The summed E-state index contributed by atoms with van der Waals surface area (Å²) < 4.78 is 44.4. The standard InChI is InChI=1S/C15H17F3N4O/c1-23-12-6-3-2-5-10(12)11-9-13(15(16,17)18)22-14(21-11)20-8-4-7-19/h2-3,5-6,9H,4,7-8,19H2,1H3,(H,20,21,22). The Morgan fingerprint density at radius 1 is 1.22 bits per heavy atom. The molecule has 0 fully saturated rings. The van der Waals surface area contributed by atoms with Crippen LogP contribution in [-0.2, 0) is 6.18 Å². The number of nitrogens with zero attached hydrogens (tertiary/aromatic N) is 2. The second-order valence-electron chi connectivity index (χ2n) is 4.73. The number of nitrogens with two attached hydrogens (primary N) is 1. The number of hydrogen-bond acceptors (Lipinski definition) is 5. The molecule has 0 aliphatic rings. The average molecular weight is 326 g/mol. The number of para-hydroxylation sites is 1. The Hall–Kier alpha value is -2.35. The third kappa shape index (κ3) is 4.32. The van der Waals surface area contributed by atoms with E-state index in [9.17, 15) is 13.2 Å². The summed E-state index contributed by atoms with van der Waals surface area (Å²) in [4.78, 5) is 7.68. The highest BCUT2D eigenvalue weighted by Crippen LogP contribution is 2.34. The molecular weight excluding hydrogens is 309 g/mol. The van der Waals surface area contributed by atoms with E-state index in [1.165, 1.54) is 7.11 Å². The van der Waals surface area contributed by atoms with Gasteiger partial charge in [-0.3, -0.25) is 0 Å².